The fourth-order valence-corrected chi connectivity index (χ4v) is 3.86. The van der Waals surface area contributed by atoms with Gasteiger partial charge in [-0.25, -0.2) is 9.07 Å². The van der Waals surface area contributed by atoms with Crippen molar-refractivity contribution in [3.05, 3.63) is 64.6 Å². The van der Waals surface area contributed by atoms with E-state index in [1.165, 1.54) is 12.1 Å². The van der Waals surface area contributed by atoms with Gasteiger partial charge in [-0.2, -0.15) is 5.10 Å². The summed E-state index contributed by atoms with van der Waals surface area (Å²) in [5, 5.41) is 10.6. The second-order valence-corrected chi connectivity index (χ2v) is 7.62. The molecule has 1 aliphatic rings. The lowest BCUT2D eigenvalue weighted by molar-refractivity contribution is -0.123. The first-order chi connectivity index (χ1) is 14.4. The molecule has 0 saturated heterocycles. The molecule has 0 bridgehead atoms. The van der Waals surface area contributed by atoms with Crippen molar-refractivity contribution in [1.29, 1.82) is 0 Å². The van der Waals surface area contributed by atoms with E-state index in [0.717, 1.165) is 22.4 Å². The maximum Gasteiger partial charge on any atom is 0.251 e. The molecule has 4 rings (SSSR count). The summed E-state index contributed by atoms with van der Waals surface area (Å²) in [4.78, 5) is 25.2. The van der Waals surface area contributed by atoms with Crippen molar-refractivity contribution in [3.8, 4) is 11.1 Å². The lowest BCUT2D eigenvalue weighted by atomic mass is 10.0. The van der Waals surface area contributed by atoms with Gasteiger partial charge in [0.2, 0.25) is 5.91 Å². The molecule has 8 heteroatoms. The minimum absolute atomic E-state index is 0.0866. The van der Waals surface area contributed by atoms with Gasteiger partial charge in [0.25, 0.3) is 5.91 Å². The summed E-state index contributed by atoms with van der Waals surface area (Å²) >= 11 is 6.18. The van der Waals surface area contributed by atoms with Gasteiger partial charge in [0.05, 0.1) is 22.8 Å². The predicted octanol–water partition coefficient (Wildman–Crippen LogP) is 4.74. The third-order valence-corrected chi connectivity index (χ3v) is 5.38. The topological polar surface area (TPSA) is 76.0 Å². The van der Waals surface area contributed by atoms with Crippen LogP contribution in [-0.4, -0.2) is 21.6 Å². The van der Waals surface area contributed by atoms with E-state index < -0.39 is 6.04 Å². The van der Waals surface area contributed by atoms with Gasteiger partial charge >= 0.3 is 0 Å². The van der Waals surface area contributed by atoms with Gasteiger partial charge in [-0.3, -0.25) is 9.59 Å². The van der Waals surface area contributed by atoms with Crippen molar-refractivity contribution in [2.45, 2.75) is 32.7 Å². The van der Waals surface area contributed by atoms with E-state index in [1.807, 2.05) is 19.9 Å². The number of fused-ring (bicyclic) bond motifs is 1. The van der Waals surface area contributed by atoms with Crippen LogP contribution in [0.1, 0.15) is 30.6 Å². The molecule has 0 saturated carbocycles. The molecule has 2 N–H and O–H groups in total. The first-order valence-corrected chi connectivity index (χ1v) is 9.99. The molecule has 2 heterocycles. The molecule has 30 heavy (non-hydrogen) atoms. The smallest absolute Gasteiger partial charge is 0.251 e. The Bertz CT molecular complexity index is 1140. The van der Waals surface area contributed by atoms with Crippen molar-refractivity contribution >= 4 is 34.9 Å². The lowest BCUT2D eigenvalue weighted by Crippen LogP contribution is -2.24. The van der Waals surface area contributed by atoms with Crippen LogP contribution in [0, 0.1) is 12.7 Å². The molecule has 1 atom stereocenters. The Morgan fingerprint density at radius 3 is 2.67 bits per heavy atom. The van der Waals surface area contributed by atoms with Crippen molar-refractivity contribution in [2.75, 3.05) is 10.6 Å². The number of aromatic nitrogens is 2. The van der Waals surface area contributed by atoms with Gasteiger partial charge < -0.3 is 10.6 Å². The van der Waals surface area contributed by atoms with Crippen molar-refractivity contribution < 1.29 is 14.0 Å². The number of benzene rings is 2. The van der Waals surface area contributed by atoms with Crippen LogP contribution in [0.2, 0.25) is 5.02 Å². The highest BCUT2D eigenvalue weighted by Gasteiger charge is 2.36. The van der Waals surface area contributed by atoms with Gasteiger partial charge in [-0.1, -0.05) is 36.7 Å². The Labute approximate surface area is 178 Å². The Morgan fingerprint density at radius 1 is 1.27 bits per heavy atom. The number of hydrogen-bond acceptors (Lipinski definition) is 3. The number of halogens is 2. The average Bonchev–Trinajstić information content (AvgIpc) is 3.20. The van der Waals surface area contributed by atoms with Crippen LogP contribution in [0.3, 0.4) is 0 Å². The molecule has 0 spiro atoms. The maximum absolute atomic E-state index is 13.3. The lowest BCUT2D eigenvalue weighted by Gasteiger charge is -2.11. The van der Waals surface area contributed by atoms with E-state index in [4.69, 9.17) is 11.6 Å². The van der Waals surface area contributed by atoms with Gasteiger partial charge in [-0.15, -0.1) is 0 Å². The van der Waals surface area contributed by atoms with E-state index in [2.05, 4.69) is 15.7 Å². The first-order valence-electron chi connectivity index (χ1n) is 9.61. The maximum atomic E-state index is 13.3. The fourth-order valence-electron chi connectivity index (χ4n) is 3.58. The van der Waals surface area contributed by atoms with E-state index >= 15 is 0 Å². The van der Waals surface area contributed by atoms with Crippen LogP contribution in [-0.2, 0) is 16.0 Å². The summed E-state index contributed by atoms with van der Waals surface area (Å²) in [6, 6.07) is 10.6. The zero-order valence-electron chi connectivity index (χ0n) is 16.5. The number of nitrogens with zero attached hydrogens (tertiary/aromatic N) is 2. The standard InChI is InChI=1S/C22H20ClFN4O2/c1-3-16-20(13-5-7-14(24)8-6-13)21-26-22(30)18(28(21)27-16)11-19(29)25-17-9-4-12(2)10-15(17)23/h4-10,18H,3,11H2,1-2H3,(H,25,29)(H,26,30). The number of amides is 2. The quantitative estimate of drug-likeness (QED) is 0.619. The molecule has 3 aromatic rings. The van der Waals surface area contributed by atoms with E-state index in [9.17, 15) is 14.0 Å². The average molecular weight is 427 g/mol. The zero-order valence-corrected chi connectivity index (χ0v) is 17.3. The number of nitrogens with one attached hydrogen (secondary N) is 2. The fraction of sp³-hybridized carbons (Fsp3) is 0.227. The van der Waals surface area contributed by atoms with Crippen molar-refractivity contribution in [2.24, 2.45) is 0 Å². The summed E-state index contributed by atoms with van der Waals surface area (Å²) in [5.74, 6) is -0.470. The molecule has 0 radical (unpaired) electrons. The second kappa shape index (κ2) is 7.91. The van der Waals surface area contributed by atoms with Gasteiger partial charge in [0.15, 0.2) is 0 Å². The minimum atomic E-state index is -0.774. The molecular weight excluding hydrogens is 407 g/mol. The molecule has 1 unspecified atom stereocenters. The third kappa shape index (κ3) is 3.68. The highest BCUT2D eigenvalue weighted by Crippen LogP contribution is 2.39. The molecule has 0 fully saturated rings. The van der Waals surface area contributed by atoms with E-state index in [-0.39, 0.29) is 24.1 Å². The van der Waals surface area contributed by atoms with Gasteiger partial charge in [0.1, 0.15) is 17.7 Å². The highest BCUT2D eigenvalue weighted by molar-refractivity contribution is 6.33. The number of carbonyl (C=O) groups is 2. The van der Waals surface area contributed by atoms with Gasteiger partial charge in [-0.05, 0) is 48.7 Å². The highest BCUT2D eigenvalue weighted by atomic mass is 35.5. The first kappa shape index (κ1) is 20.1. The molecule has 1 aromatic heterocycles. The Balaban J connectivity index is 1.61. The van der Waals surface area contributed by atoms with Crippen LogP contribution in [0.4, 0.5) is 15.9 Å². The SMILES string of the molecule is CCc1nn2c(c1-c1ccc(F)cc1)NC(=O)C2CC(=O)Nc1ccc(C)cc1Cl. The van der Waals surface area contributed by atoms with Crippen LogP contribution < -0.4 is 10.6 Å². The molecule has 0 aliphatic carbocycles. The summed E-state index contributed by atoms with van der Waals surface area (Å²) in [6.45, 7) is 3.86. The number of aryl methyl sites for hydroxylation is 2. The summed E-state index contributed by atoms with van der Waals surface area (Å²) in [5.41, 5.74) is 3.74. The number of anilines is 2. The Kier molecular flexibility index (Phi) is 5.30. The predicted molar refractivity (Wildman–Crippen MR) is 114 cm³/mol. The summed E-state index contributed by atoms with van der Waals surface area (Å²) in [6.07, 6.45) is 0.539. The molecule has 154 valence electrons. The number of rotatable bonds is 5. The van der Waals surface area contributed by atoms with Crippen LogP contribution in [0.15, 0.2) is 42.5 Å². The summed E-state index contributed by atoms with van der Waals surface area (Å²) < 4.78 is 14.9. The molecule has 2 aromatic carbocycles. The van der Waals surface area contributed by atoms with E-state index in [0.29, 0.717) is 22.9 Å². The van der Waals surface area contributed by atoms with Gasteiger partial charge in [0, 0.05) is 5.56 Å². The molecule has 6 nitrogen and oxygen atoms in total. The van der Waals surface area contributed by atoms with Crippen LogP contribution in [0.25, 0.3) is 11.1 Å². The van der Waals surface area contributed by atoms with E-state index in [1.54, 1.807) is 28.9 Å². The number of hydrogen-bond donors (Lipinski definition) is 2. The Hall–Kier alpha value is -3.19. The largest absolute Gasteiger partial charge is 0.325 e. The zero-order chi connectivity index (χ0) is 21.4. The van der Waals surface area contributed by atoms with Crippen LogP contribution in [0.5, 0.6) is 0 Å². The van der Waals surface area contributed by atoms with Crippen molar-refractivity contribution in [3.63, 3.8) is 0 Å². The third-order valence-electron chi connectivity index (χ3n) is 5.07. The molecule has 1 aliphatic heterocycles. The molecule has 2 amide bonds. The Morgan fingerprint density at radius 2 is 2.00 bits per heavy atom. The minimum Gasteiger partial charge on any atom is -0.325 e. The molecular formula is C22H20ClFN4O2. The van der Waals surface area contributed by atoms with Crippen LogP contribution >= 0.6 is 11.6 Å². The normalized spacial score (nSPS) is 15.1. The second-order valence-electron chi connectivity index (χ2n) is 7.22. The van der Waals surface area contributed by atoms with Crippen molar-refractivity contribution in [1.82, 2.24) is 9.78 Å². The monoisotopic (exact) mass is 426 g/mol. The number of carbonyl (C=O) groups excluding carboxylic acids is 2. The summed E-state index contributed by atoms with van der Waals surface area (Å²) in [7, 11) is 0.